The predicted octanol–water partition coefficient (Wildman–Crippen LogP) is 2.44. The van der Waals surface area contributed by atoms with Gasteiger partial charge in [-0.05, 0) is 56.3 Å². The molecule has 1 saturated heterocycles. The lowest BCUT2D eigenvalue weighted by atomic mass is 10.1. The first-order valence-electron chi connectivity index (χ1n) is 10.7. The molecule has 33 heavy (non-hydrogen) atoms. The topological polar surface area (TPSA) is 97.4 Å². The van der Waals surface area contributed by atoms with Crippen LogP contribution < -0.4 is 19.5 Å². The van der Waals surface area contributed by atoms with E-state index < -0.39 is 15.9 Å². The number of nitrogens with one attached hydrogen (secondary N) is 1. The number of likely N-dealkylation sites (tertiary alicyclic amines) is 1. The lowest BCUT2D eigenvalue weighted by Gasteiger charge is -2.29. The van der Waals surface area contributed by atoms with Crippen molar-refractivity contribution < 1.29 is 27.4 Å². The fourth-order valence-corrected chi connectivity index (χ4v) is 4.70. The molecule has 0 aromatic heterocycles. The third-order valence-electron chi connectivity index (χ3n) is 5.54. The Balaban J connectivity index is 1.57. The Labute approximate surface area is 195 Å². The van der Waals surface area contributed by atoms with Gasteiger partial charge >= 0.3 is 0 Å². The number of methoxy groups -OCH3 is 2. The smallest absolute Gasteiger partial charge is 0.243 e. The zero-order chi connectivity index (χ0) is 24.0. The van der Waals surface area contributed by atoms with Crippen LogP contribution in [-0.2, 0) is 14.8 Å². The number of carbonyl (C=O) groups is 1. The average molecular weight is 478 g/mol. The fourth-order valence-electron chi connectivity index (χ4n) is 3.56. The van der Waals surface area contributed by atoms with Crippen molar-refractivity contribution in [3.05, 3.63) is 42.5 Å². The largest absolute Gasteiger partial charge is 0.493 e. The van der Waals surface area contributed by atoms with Crippen LogP contribution in [0.15, 0.2) is 47.4 Å². The fraction of sp³-hybridized carbons (Fsp3) is 0.435. The van der Waals surface area contributed by atoms with Crippen LogP contribution in [0.2, 0.25) is 0 Å². The summed E-state index contributed by atoms with van der Waals surface area (Å²) in [7, 11) is 2.45. The minimum absolute atomic E-state index is 0.00542. The molecule has 0 bridgehead atoms. The van der Waals surface area contributed by atoms with E-state index >= 15 is 0 Å². The molecule has 1 amide bonds. The molecular formula is C23H31N3O6S. The Hall–Kier alpha value is -2.82. The van der Waals surface area contributed by atoms with Crippen molar-refractivity contribution >= 4 is 21.6 Å². The van der Waals surface area contributed by atoms with Gasteiger partial charge in [-0.3, -0.25) is 4.79 Å². The average Bonchev–Trinajstić information content (AvgIpc) is 2.81. The van der Waals surface area contributed by atoms with Crippen molar-refractivity contribution in [3.63, 3.8) is 0 Å². The molecule has 0 spiro atoms. The van der Waals surface area contributed by atoms with E-state index in [1.54, 1.807) is 24.3 Å². The number of rotatable bonds is 9. The zero-order valence-corrected chi connectivity index (χ0v) is 20.2. The highest BCUT2D eigenvalue weighted by Crippen LogP contribution is 2.30. The maximum absolute atomic E-state index is 12.9. The highest BCUT2D eigenvalue weighted by molar-refractivity contribution is 7.89. The predicted molar refractivity (Wildman–Crippen MR) is 126 cm³/mol. The minimum atomic E-state index is -3.90. The molecule has 1 aliphatic rings. The van der Waals surface area contributed by atoms with Crippen LogP contribution in [0.4, 0.5) is 5.69 Å². The highest BCUT2D eigenvalue weighted by Gasteiger charge is 2.24. The van der Waals surface area contributed by atoms with Gasteiger partial charge in [-0.25, -0.2) is 8.42 Å². The van der Waals surface area contributed by atoms with Gasteiger partial charge in [0.15, 0.2) is 11.5 Å². The number of amides is 1. The third kappa shape index (κ3) is 6.37. The standard InChI is InChI=1S/C23H31N3O6S/c1-25-13-11-19(12-14-25)32-18-7-5-17(6-8-18)24-23(27)16-26(2)33(28,29)20-9-10-21(30-3)22(15-20)31-4/h5-10,15,19H,11-14,16H2,1-4H3,(H,24,27). The Morgan fingerprint density at radius 1 is 1.06 bits per heavy atom. The molecule has 180 valence electrons. The van der Waals surface area contributed by atoms with E-state index in [4.69, 9.17) is 14.2 Å². The van der Waals surface area contributed by atoms with E-state index in [2.05, 4.69) is 17.3 Å². The van der Waals surface area contributed by atoms with Gasteiger partial charge in [-0.1, -0.05) is 0 Å². The lowest BCUT2D eigenvalue weighted by Crippen LogP contribution is -2.35. The number of anilines is 1. The minimum Gasteiger partial charge on any atom is -0.493 e. The van der Waals surface area contributed by atoms with Crippen molar-refractivity contribution in [1.82, 2.24) is 9.21 Å². The molecule has 2 aromatic rings. The van der Waals surface area contributed by atoms with Crippen LogP contribution in [0, 0.1) is 0 Å². The summed E-state index contributed by atoms with van der Waals surface area (Å²) < 4.78 is 43.1. The summed E-state index contributed by atoms with van der Waals surface area (Å²) in [5.41, 5.74) is 0.563. The van der Waals surface area contributed by atoms with E-state index in [1.165, 1.54) is 39.5 Å². The molecule has 0 atom stereocenters. The van der Waals surface area contributed by atoms with Crippen LogP contribution in [0.5, 0.6) is 17.2 Å². The molecule has 0 saturated carbocycles. The van der Waals surface area contributed by atoms with Crippen LogP contribution in [0.3, 0.4) is 0 Å². The van der Waals surface area contributed by atoms with Gasteiger partial charge in [-0.2, -0.15) is 4.31 Å². The summed E-state index contributed by atoms with van der Waals surface area (Å²) in [5.74, 6) is 1.00. The number of carbonyl (C=O) groups excluding carboxylic acids is 1. The molecule has 1 fully saturated rings. The van der Waals surface area contributed by atoms with E-state index in [-0.39, 0.29) is 17.5 Å². The maximum atomic E-state index is 12.9. The maximum Gasteiger partial charge on any atom is 0.243 e. The highest BCUT2D eigenvalue weighted by atomic mass is 32.2. The van der Waals surface area contributed by atoms with Crippen molar-refractivity contribution in [2.45, 2.75) is 23.8 Å². The number of hydrogen-bond donors (Lipinski definition) is 1. The summed E-state index contributed by atoms with van der Waals surface area (Å²) in [6.45, 7) is 1.68. The molecule has 10 heteroatoms. The van der Waals surface area contributed by atoms with Gasteiger partial charge in [-0.15, -0.1) is 0 Å². The van der Waals surface area contributed by atoms with E-state index in [9.17, 15) is 13.2 Å². The first-order valence-corrected chi connectivity index (χ1v) is 12.1. The van der Waals surface area contributed by atoms with Crippen LogP contribution in [0.25, 0.3) is 0 Å². The second-order valence-electron chi connectivity index (χ2n) is 7.97. The summed E-state index contributed by atoms with van der Waals surface area (Å²) in [6.07, 6.45) is 2.16. The molecule has 9 nitrogen and oxygen atoms in total. The van der Waals surface area contributed by atoms with Crippen molar-refractivity contribution in [2.24, 2.45) is 0 Å². The molecule has 1 N–H and O–H groups in total. The normalized spacial score (nSPS) is 15.3. The first kappa shape index (κ1) is 24.8. The van der Waals surface area contributed by atoms with E-state index in [1.807, 2.05) is 0 Å². The van der Waals surface area contributed by atoms with Gasteiger partial charge in [0.2, 0.25) is 15.9 Å². The van der Waals surface area contributed by atoms with E-state index in [0.717, 1.165) is 36.0 Å². The van der Waals surface area contributed by atoms with Gasteiger partial charge in [0, 0.05) is 31.9 Å². The van der Waals surface area contributed by atoms with Gasteiger partial charge in [0.05, 0.1) is 25.7 Å². The number of piperidine rings is 1. The quantitative estimate of drug-likeness (QED) is 0.592. The summed E-state index contributed by atoms with van der Waals surface area (Å²) in [4.78, 5) is 14.7. The molecule has 0 aliphatic carbocycles. The third-order valence-corrected chi connectivity index (χ3v) is 7.34. The van der Waals surface area contributed by atoms with Crippen molar-refractivity contribution in [1.29, 1.82) is 0 Å². The van der Waals surface area contributed by atoms with Gasteiger partial charge in [0.1, 0.15) is 11.9 Å². The SMILES string of the molecule is COc1ccc(S(=O)(=O)N(C)CC(=O)Nc2ccc(OC3CCN(C)CC3)cc2)cc1OC. The van der Waals surface area contributed by atoms with Crippen molar-refractivity contribution in [2.75, 3.05) is 53.3 Å². The van der Waals surface area contributed by atoms with Crippen molar-refractivity contribution in [3.8, 4) is 17.2 Å². The molecule has 2 aromatic carbocycles. The Morgan fingerprint density at radius 2 is 1.70 bits per heavy atom. The summed E-state index contributed by atoms with van der Waals surface area (Å²) in [6, 6.07) is 11.4. The number of hydrogen-bond acceptors (Lipinski definition) is 7. The van der Waals surface area contributed by atoms with E-state index in [0.29, 0.717) is 17.2 Å². The number of nitrogens with zero attached hydrogens (tertiary/aromatic N) is 2. The Morgan fingerprint density at radius 3 is 2.30 bits per heavy atom. The lowest BCUT2D eigenvalue weighted by molar-refractivity contribution is -0.116. The molecule has 3 rings (SSSR count). The van der Waals surface area contributed by atoms with Gasteiger partial charge in [0.25, 0.3) is 0 Å². The first-order chi connectivity index (χ1) is 15.7. The zero-order valence-electron chi connectivity index (χ0n) is 19.4. The van der Waals surface area contributed by atoms with Crippen LogP contribution in [0.1, 0.15) is 12.8 Å². The molecule has 1 heterocycles. The summed E-state index contributed by atoms with van der Waals surface area (Å²) in [5, 5.41) is 2.72. The van der Waals surface area contributed by atoms with Crippen LogP contribution in [-0.4, -0.2) is 77.6 Å². The number of likely N-dealkylation sites (N-methyl/N-ethyl adjacent to an activating group) is 1. The molecule has 0 radical (unpaired) electrons. The molecule has 1 aliphatic heterocycles. The van der Waals surface area contributed by atoms with Gasteiger partial charge < -0.3 is 24.4 Å². The number of sulfonamides is 1. The number of ether oxygens (including phenoxy) is 3. The Bertz CT molecular complexity index is 1050. The second kappa shape index (κ2) is 10.9. The second-order valence-corrected chi connectivity index (χ2v) is 10.0. The monoisotopic (exact) mass is 477 g/mol. The molecule has 0 unspecified atom stereocenters. The summed E-state index contributed by atoms with van der Waals surface area (Å²) >= 11 is 0. The molecular weight excluding hydrogens is 446 g/mol. The van der Waals surface area contributed by atoms with Crippen LogP contribution >= 0.6 is 0 Å². The Kier molecular flexibility index (Phi) is 8.17. The number of benzene rings is 2.